The molecule has 1 heterocycles. The third-order valence-corrected chi connectivity index (χ3v) is 2.57. The molecular formula is C12H15ClN2O2. The van der Waals surface area contributed by atoms with Crippen molar-refractivity contribution in [3.63, 3.8) is 0 Å². The van der Waals surface area contributed by atoms with Gasteiger partial charge in [0, 0.05) is 19.3 Å². The molecule has 2 N–H and O–H groups in total. The highest BCUT2D eigenvalue weighted by atomic mass is 35.5. The molecule has 0 amide bonds. The van der Waals surface area contributed by atoms with Crippen molar-refractivity contribution in [1.29, 1.82) is 0 Å². The van der Waals surface area contributed by atoms with Crippen LogP contribution in [0.1, 0.15) is 6.92 Å². The first-order chi connectivity index (χ1) is 8.19. The largest absolute Gasteiger partial charge is 0.358 e. The second-order valence-electron chi connectivity index (χ2n) is 3.37. The van der Waals surface area contributed by atoms with Crippen molar-refractivity contribution < 1.29 is 9.08 Å². The van der Waals surface area contributed by atoms with Gasteiger partial charge in [0.05, 0.1) is 10.9 Å². The van der Waals surface area contributed by atoms with E-state index >= 15 is 0 Å². The van der Waals surface area contributed by atoms with Gasteiger partial charge in [0.15, 0.2) is 0 Å². The monoisotopic (exact) mass is 254 g/mol. The Morgan fingerprint density at radius 3 is 2.88 bits per heavy atom. The van der Waals surface area contributed by atoms with E-state index in [1.165, 1.54) is 6.08 Å². The minimum atomic E-state index is -0.623. The Kier molecular flexibility index (Phi) is 5.00. The van der Waals surface area contributed by atoms with Gasteiger partial charge in [-0.3, -0.25) is 0 Å². The highest BCUT2D eigenvalue weighted by Crippen LogP contribution is 1.99. The Hall–Kier alpha value is -1.52. The number of rotatable bonds is 4. The van der Waals surface area contributed by atoms with Crippen LogP contribution in [0, 0.1) is 0 Å². The number of nitrogens with zero attached hydrogens (tertiary/aromatic N) is 1. The predicted molar refractivity (Wildman–Crippen MR) is 68.4 cm³/mol. The van der Waals surface area contributed by atoms with E-state index < -0.39 is 5.97 Å². The van der Waals surface area contributed by atoms with Gasteiger partial charge in [0.25, 0.3) is 0 Å². The fourth-order valence-corrected chi connectivity index (χ4v) is 1.76. The summed E-state index contributed by atoms with van der Waals surface area (Å²) in [6.45, 7) is 6.58. The van der Waals surface area contributed by atoms with Gasteiger partial charge in [0.1, 0.15) is 11.9 Å². The zero-order valence-corrected chi connectivity index (χ0v) is 10.4. The molecule has 1 rings (SSSR count). The van der Waals surface area contributed by atoms with Crippen LogP contribution in [0.4, 0.5) is 0 Å². The normalized spacial score (nSPS) is 13.5. The Labute approximate surface area is 105 Å². The first kappa shape index (κ1) is 13.5. The quantitative estimate of drug-likeness (QED) is 0.840. The second kappa shape index (κ2) is 6.27. The summed E-state index contributed by atoms with van der Waals surface area (Å²) in [6.07, 6.45) is 5.19. The lowest BCUT2D eigenvalue weighted by Crippen LogP contribution is -2.34. The van der Waals surface area contributed by atoms with Crippen LogP contribution in [0.5, 0.6) is 0 Å². The van der Waals surface area contributed by atoms with Crippen LogP contribution >= 0.6 is 11.9 Å². The lowest BCUT2D eigenvalue weighted by molar-refractivity contribution is -0.127. The van der Waals surface area contributed by atoms with E-state index in [0.29, 0.717) is 18.7 Å². The maximum absolute atomic E-state index is 11.5. The molecule has 0 aromatic carbocycles. The Morgan fingerprint density at radius 2 is 2.41 bits per heavy atom. The van der Waals surface area contributed by atoms with Crippen LogP contribution in [-0.4, -0.2) is 17.1 Å². The molecule has 5 heteroatoms. The maximum Gasteiger partial charge on any atom is 0.358 e. The van der Waals surface area contributed by atoms with Crippen molar-refractivity contribution in [1.82, 2.24) is 4.57 Å². The van der Waals surface area contributed by atoms with Crippen LogP contribution in [-0.2, 0) is 15.6 Å². The van der Waals surface area contributed by atoms with E-state index in [1.54, 1.807) is 0 Å². The molecule has 0 unspecified atom stereocenters. The van der Waals surface area contributed by atoms with Gasteiger partial charge in [-0.25, -0.2) is 4.79 Å². The molecule has 0 bridgehead atoms. The van der Waals surface area contributed by atoms with Crippen molar-refractivity contribution >= 4 is 29.5 Å². The van der Waals surface area contributed by atoms with Crippen molar-refractivity contribution in [3.05, 3.63) is 35.5 Å². The molecule has 0 saturated heterocycles. The topological polar surface area (TPSA) is 57.2 Å². The number of hydrogen-bond acceptors (Lipinski definition) is 3. The van der Waals surface area contributed by atoms with Gasteiger partial charge >= 0.3 is 5.97 Å². The first-order valence-corrected chi connectivity index (χ1v) is 5.51. The van der Waals surface area contributed by atoms with E-state index in [0.717, 1.165) is 10.6 Å². The van der Waals surface area contributed by atoms with Gasteiger partial charge < -0.3 is 14.6 Å². The van der Waals surface area contributed by atoms with Crippen LogP contribution in [0.3, 0.4) is 0 Å². The van der Waals surface area contributed by atoms with Gasteiger partial charge in [0.2, 0.25) is 0 Å². The van der Waals surface area contributed by atoms with Crippen molar-refractivity contribution in [3.8, 4) is 0 Å². The molecular weight excluding hydrogens is 240 g/mol. The maximum atomic E-state index is 11.5. The van der Waals surface area contributed by atoms with Crippen molar-refractivity contribution in [2.75, 3.05) is 6.54 Å². The zero-order valence-electron chi connectivity index (χ0n) is 9.65. The Balaban J connectivity index is 3.64. The van der Waals surface area contributed by atoms with Crippen molar-refractivity contribution in [2.45, 2.75) is 13.5 Å². The minimum absolute atomic E-state index is 0.326. The van der Waals surface area contributed by atoms with Crippen LogP contribution < -0.4 is 16.3 Å². The first-order valence-electron chi connectivity index (χ1n) is 5.20. The number of aromatic nitrogens is 1. The fourth-order valence-electron chi connectivity index (χ4n) is 1.68. The van der Waals surface area contributed by atoms with Crippen molar-refractivity contribution in [2.24, 2.45) is 5.73 Å². The summed E-state index contributed by atoms with van der Waals surface area (Å²) in [7, 11) is 0. The van der Waals surface area contributed by atoms with Crippen LogP contribution in [0.15, 0.2) is 24.9 Å². The highest BCUT2D eigenvalue weighted by Gasteiger charge is 2.11. The molecule has 4 nitrogen and oxygen atoms in total. The molecule has 0 aliphatic carbocycles. The van der Waals surface area contributed by atoms with Gasteiger partial charge in [-0.15, -0.1) is 0 Å². The summed E-state index contributed by atoms with van der Waals surface area (Å²) in [6, 6.07) is 1.90. The number of nitrogens with two attached hydrogens (primary N) is 1. The average molecular weight is 255 g/mol. The van der Waals surface area contributed by atoms with E-state index in [1.807, 2.05) is 29.8 Å². The summed E-state index contributed by atoms with van der Waals surface area (Å²) in [5.74, 6) is -0.623. The Bertz CT molecular complexity index is 531. The van der Waals surface area contributed by atoms with E-state index in [4.69, 9.17) is 17.6 Å². The number of carbonyl (C=O) groups excluding carboxylic acids is 1. The molecule has 0 aliphatic heterocycles. The lowest BCUT2D eigenvalue weighted by atomic mass is 10.2. The smallest absolute Gasteiger partial charge is 0.346 e. The molecule has 1 aromatic rings. The SMILES string of the molecule is C=C/C(C(=O)OCl)=c1\c(=C/C)ccn1CCN. The summed E-state index contributed by atoms with van der Waals surface area (Å²) >= 11 is 5.11. The number of carbonyl (C=O) groups is 1. The average Bonchev–Trinajstić information content (AvgIpc) is 2.74. The van der Waals surface area contributed by atoms with E-state index in [-0.39, 0.29) is 0 Å². The minimum Gasteiger partial charge on any atom is -0.346 e. The molecule has 0 fully saturated rings. The molecule has 0 aliphatic rings. The van der Waals surface area contributed by atoms with Gasteiger partial charge in [-0.1, -0.05) is 18.7 Å². The molecule has 1 aromatic heterocycles. The molecule has 17 heavy (non-hydrogen) atoms. The molecule has 0 radical (unpaired) electrons. The zero-order chi connectivity index (χ0) is 12.8. The molecule has 0 saturated carbocycles. The van der Waals surface area contributed by atoms with E-state index in [2.05, 4.69) is 10.9 Å². The highest BCUT2D eigenvalue weighted by molar-refractivity contribution is 6.23. The van der Waals surface area contributed by atoms with Gasteiger partial charge in [-0.05, 0) is 18.2 Å². The third kappa shape index (κ3) is 2.78. The summed E-state index contributed by atoms with van der Waals surface area (Å²) < 4.78 is 6.10. The number of hydrogen-bond donors (Lipinski definition) is 1. The molecule has 0 atom stereocenters. The van der Waals surface area contributed by atoms with Gasteiger partial charge in [-0.2, -0.15) is 0 Å². The second-order valence-corrected chi connectivity index (χ2v) is 3.53. The third-order valence-electron chi connectivity index (χ3n) is 2.42. The lowest BCUT2D eigenvalue weighted by Gasteiger charge is -2.03. The molecule has 0 spiro atoms. The fraction of sp³-hybridized carbons (Fsp3) is 0.250. The predicted octanol–water partition coefficient (Wildman–Crippen LogP) is 0.281. The standard InChI is InChI=1S/C12H15ClN2O2/c1-3-9-5-7-15(8-6-14)11(9)10(4-2)12(16)17-13/h3-5,7H,2,6,8,14H2,1H3/b9-3-,11-10-. The summed E-state index contributed by atoms with van der Waals surface area (Å²) in [5.41, 5.74) is 5.85. The Morgan fingerprint density at radius 1 is 1.71 bits per heavy atom. The van der Waals surface area contributed by atoms with E-state index in [9.17, 15) is 4.79 Å². The molecule has 92 valence electrons. The number of halogens is 1. The summed E-state index contributed by atoms with van der Waals surface area (Å²) in [5, 5.41) is 1.63. The van der Waals surface area contributed by atoms with Crippen LogP contribution in [0.25, 0.3) is 11.6 Å². The summed E-state index contributed by atoms with van der Waals surface area (Å²) in [4.78, 5) is 11.5. The van der Waals surface area contributed by atoms with Crippen LogP contribution in [0.2, 0.25) is 0 Å².